The first-order chi connectivity index (χ1) is 17.1. The quantitative estimate of drug-likeness (QED) is 0.585. The number of fused-ring (bicyclic) bond motifs is 3. The van der Waals surface area contributed by atoms with Crippen LogP contribution in [0.4, 0.5) is 9.59 Å². The van der Waals surface area contributed by atoms with E-state index in [-0.39, 0.29) is 24.9 Å². The van der Waals surface area contributed by atoms with Crippen molar-refractivity contribution in [2.75, 3.05) is 19.7 Å². The maximum atomic E-state index is 12.6. The average molecular weight is 495 g/mol. The van der Waals surface area contributed by atoms with Crippen LogP contribution in [0.25, 0.3) is 11.1 Å². The number of carboxylic acid groups (broad SMARTS) is 1. The Morgan fingerprint density at radius 3 is 2.25 bits per heavy atom. The summed E-state index contributed by atoms with van der Waals surface area (Å²) in [7, 11) is 0. The summed E-state index contributed by atoms with van der Waals surface area (Å²) in [5, 5.41) is 12.3. The monoisotopic (exact) mass is 494 g/mol. The van der Waals surface area contributed by atoms with Crippen LogP contribution < -0.4 is 5.32 Å². The third-order valence-electron chi connectivity index (χ3n) is 6.67. The zero-order chi connectivity index (χ0) is 25.9. The number of alkyl carbamates (subject to hydrolysis) is 1. The minimum Gasteiger partial charge on any atom is -0.480 e. The van der Waals surface area contributed by atoms with Crippen LogP contribution in [0.15, 0.2) is 48.5 Å². The molecule has 8 nitrogen and oxygen atoms in total. The molecule has 1 heterocycles. The Morgan fingerprint density at radius 1 is 1.06 bits per heavy atom. The molecule has 2 amide bonds. The number of rotatable bonds is 6. The molecule has 2 aromatic rings. The van der Waals surface area contributed by atoms with E-state index in [1.165, 1.54) is 0 Å². The van der Waals surface area contributed by atoms with Crippen LogP contribution in [0, 0.1) is 5.92 Å². The molecule has 1 aliphatic heterocycles. The Kier molecular flexibility index (Phi) is 7.52. The Bertz CT molecular complexity index is 1080. The maximum Gasteiger partial charge on any atom is 0.410 e. The van der Waals surface area contributed by atoms with Gasteiger partial charge >= 0.3 is 18.2 Å². The van der Waals surface area contributed by atoms with E-state index in [9.17, 15) is 19.5 Å². The fourth-order valence-electron chi connectivity index (χ4n) is 5.09. The molecular weight excluding hydrogens is 460 g/mol. The number of carboxylic acids is 1. The second-order valence-electron chi connectivity index (χ2n) is 10.5. The summed E-state index contributed by atoms with van der Waals surface area (Å²) in [5.74, 6) is -1.30. The Labute approximate surface area is 211 Å². The molecule has 0 spiro atoms. The molecule has 0 saturated carbocycles. The first kappa shape index (κ1) is 25.5. The zero-order valence-corrected chi connectivity index (χ0v) is 21.0. The molecule has 1 saturated heterocycles. The number of ether oxygens (including phenoxy) is 2. The van der Waals surface area contributed by atoms with Gasteiger partial charge in [-0.25, -0.2) is 14.4 Å². The average Bonchev–Trinajstić information content (AvgIpc) is 3.15. The van der Waals surface area contributed by atoms with Gasteiger partial charge in [0.05, 0.1) is 0 Å². The van der Waals surface area contributed by atoms with Gasteiger partial charge in [-0.15, -0.1) is 0 Å². The van der Waals surface area contributed by atoms with E-state index in [1.807, 2.05) is 57.2 Å². The fourth-order valence-corrected chi connectivity index (χ4v) is 5.09. The number of piperidine rings is 1. The van der Waals surface area contributed by atoms with Crippen molar-refractivity contribution in [2.45, 2.75) is 57.6 Å². The zero-order valence-electron chi connectivity index (χ0n) is 21.0. The lowest BCUT2D eigenvalue weighted by atomic mass is 9.91. The van der Waals surface area contributed by atoms with Gasteiger partial charge in [-0.05, 0) is 68.2 Å². The van der Waals surface area contributed by atoms with Crippen molar-refractivity contribution < 1.29 is 29.0 Å². The lowest BCUT2D eigenvalue weighted by Gasteiger charge is -2.35. The van der Waals surface area contributed by atoms with Gasteiger partial charge in [0.25, 0.3) is 0 Å². The molecule has 0 unspecified atom stereocenters. The number of hydrogen-bond donors (Lipinski definition) is 2. The molecule has 0 bridgehead atoms. The van der Waals surface area contributed by atoms with Crippen molar-refractivity contribution in [3.05, 3.63) is 59.7 Å². The lowest BCUT2D eigenvalue weighted by Crippen LogP contribution is -2.47. The molecule has 8 heteroatoms. The van der Waals surface area contributed by atoms with Crippen molar-refractivity contribution in [1.82, 2.24) is 10.2 Å². The van der Waals surface area contributed by atoms with E-state index in [0.717, 1.165) is 35.1 Å². The van der Waals surface area contributed by atoms with Gasteiger partial charge in [-0.1, -0.05) is 48.5 Å². The molecule has 36 heavy (non-hydrogen) atoms. The summed E-state index contributed by atoms with van der Waals surface area (Å²) in [6, 6.07) is 15.0. The Hall–Kier alpha value is -3.55. The summed E-state index contributed by atoms with van der Waals surface area (Å²) in [5.41, 5.74) is 3.82. The molecule has 192 valence electrons. The number of aliphatic carboxylic acids is 1. The van der Waals surface area contributed by atoms with Crippen LogP contribution in [0.3, 0.4) is 0 Å². The number of amides is 2. The highest BCUT2D eigenvalue weighted by molar-refractivity contribution is 5.81. The highest BCUT2D eigenvalue weighted by Crippen LogP contribution is 2.44. The summed E-state index contributed by atoms with van der Waals surface area (Å²) in [6.07, 6.45) is 0.572. The van der Waals surface area contributed by atoms with Gasteiger partial charge in [0.2, 0.25) is 0 Å². The number of nitrogens with one attached hydrogen (secondary N) is 1. The largest absolute Gasteiger partial charge is 0.480 e. The van der Waals surface area contributed by atoms with Crippen molar-refractivity contribution in [3.8, 4) is 11.1 Å². The van der Waals surface area contributed by atoms with Gasteiger partial charge < -0.3 is 24.8 Å². The first-order valence-corrected chi connectivity index (χ1v) is 12.4. The molecule has 0 aromatic heterocycles. The number of likely N-dealkylation sites (tertiary alicyclic amines) is 1. The van der Waals surface area contributed by atoms with E-state index >= 15 is 0 Å². The number of nitrogens with zero attached hydrogens (tertiary/aromatic N) is 1. The molecule has 2 aliphatic rings. The van der Waals surface area contributed by atoms with E-state index in [0.29, 0.717) is 13.1 Å². The van der Waals surface area contributed by atoms with Crippen LogP contribution in [-0.2, 0) is 14.3 Å². The minimum atomic E-state index is -1.13. The number of benzene rings is 2. The van der Waals surface area contributed by atoms with Crippen molar-refractivity contribution in [1.29, 1.82) is 0 Å². The molecule has 2 atom stereocenters. The number of carbonyl (C=O) groups excluding carboxylic acids is 2. The molecule has 2 aromatic carbocycles. The predicted molar refractivity (Wildman–Crippen MR) is 135 cm³/mol. The van der Waals surface area contributed by atoms with Gasteiger partial charge in [0.1, 0.15) is 18.2 Å². The number of carbonyl (C=O) groups is 3. The molecule has 1 fully saturated rings. The smallest absolute Gasteiger partial charge is 0.410 e. The molecule has 2 N–H and O–H groups in total. The van der Waals surface area contributed by atoms with Gasteiger partial charge in [0.15, 0.2) is 0 Å². The first-order valence-electron chi connectivity index (χ1n) is 12.4. The van der Waals surface area contributed by atoms with E-state index < -0.39 is 29.8 Å². The standard InChI is InChI=1S/C28H34N2O6/c1-28(2,3)36-27(34)30-14-8-9-18(16-30)15-24(25(31)32)29-26(33)35-17-23-21-12-6-4-10-19(21)20-11-5-7-13-22(20)23/h4-7,10-13,18,23-24H,8-9,14-17H2,1-3H3,(H,29,33)(H,31,32)/t18-,24+/m1/s1. The maximum absolute atomic E-state index is 12.6. The summed E-state index contributed by atoms with van der Waals surface area (Å²) in [4.78, 5) is 38.6. The normalized spacial score (nSPS) is 18.1. The fraction of sp³-hybridized carbons (Fsp3) is 0.464. The summed E-state index contributed by atoms with van der Waals surface area (Å²) >= 11 is 0. The third kappa shape index (κ3) is 5.98. The van der Waals surface area contributed by atoms with Crippen LogP contribution >= 0.6 is 0 Å². The number of hydrogen-bond acceptors (Lipinski definition) is 5. The summed E-state index contributed by atoms with van der Waals surface area (Å²) < 4.78 is 11.0. The molecular formula is C28H34N2O6. The Morgan fingerprint density at radius 2 is 1.67 bits per heavy atom. The second kappa shape index (κ2) is 10.6. The van der Waals surface area contributed by atoms with Crippen LogP contribution in [0.1, 0.15) is 57.1 Å². The predicted octanol–water partition coefficient (Wildman–Crippen LogP) is 5.02. The molecule has 1 aliphatic carbocycles. The van der Waals surface area contributed by atoms with E-state index in [4.69, 9.17) is 9.47 Å². The second-order valence-corrected chi connectivity index (χ2v) is 10.5. The van der Waals surface area contributed by atoms with Gasteiger partial charge in [-0.2, -0.15) is 0 Å². The highest BCUT2D eigenvalue weighted by atomic mass is 16.6. The SMILES string of the molecule is CC(C)(C)OC(=O)N1CCC[C@H](C[C@H](NC(=O)OCC2c3ccccc3-c3ccccc32)C(=O)O)C1. The summed E-state index contributed by atoms with van der Waals surface area (Å²) in [6.45, 7) is 6.51. The van der Waals surface area contributed by atoms with Crippen molar-refractivity contribution >= 4 is 18.2 Å². The van der Waals surface area contributed by atoms with Crippen LogP contribution in [0.2, 0.25) is 0 Å². The van der Waals surface area contributed by atoms with Gasteiger partial charge in [0, 0.05) is 19.0 Å². The van der Waals surface area contributed by atoms with Crippen molar-refractivity contribution in [3.63, 3.8) is 0 Å². The van der Waals surface area contributed by atoms with Crippen LogP contribution in [-0.4, -0.2) is 59.5 Å². The van der Waals surface area contributed by atoms with E-state index in [1.54, 1.807) is 4.90 Å². The third-order valence-corrected chi connectivity index (χ3v) is 6.67. The molecule has 4 rings (SSSR count). The lowest BCUT2D eigenvalue weighted by molar-refractivity contribution is -0.139. The molecule has 0 radical (unpaired) electrons. The van der Waals surface area contributed by atoms with E-state index in [2.05, 4.69) is 17.4 Å². The topological polar surface area (TPSA) is 105 Å². The highest BCUT2D eigenvalue weighted by Gasteiger charge is 2.33. The van der Waals surface area contributed by atoms with Crippen LogP contribution in [0.5, 0.6) is 0 Å². The Balaban J connectivity index is 1.34. The minimum absolute atomic E-state index is 0.0683. The van der Waals surface area contributed by atoms with Crippen molar-refractivity contribution in [2.24, 2.45) is 5.92 Å². The van der Waals surface area contributed by atoms with Gasteiger partial charge in [-0.3, -0.25) is 0 Å².